The molecule has 0 radical (unpaired) electrons. The number of amides is 1. The summed E-state index contributed by atoms with van der Waals surface area (Å²) >= 11 is 5.97. The van der Waals surface area contributed by atoms with Crippen LogP contribution in [0.4, 0.5) is 11.6 Å². The van der Waals surface area contributed by atoms with E-state index in [4.69, 9.17) is 17.3 Å². The fraction of sp³-hybridized carbons (Fsp3) is 0.167. The van der Waals surface area contributed by atoms with Crippen molar-refractivity contribution in [1.29, 1.82) is 0 Å². The van der Waals surface area contributed by atoms with Gasteiger partial charge in [0, 0.05) is 0 Å². The average Bonchev–Trinajstić information content (AvgIpc) is 2.37. The molecular weight excluding hydrogens is 266 g/mol. The molecule has 0 aliphatic carbocycles. The van der Waals surface area contributed by atoms with Crippen LogP contribution in [0.25, 0.3) is 0 Å². The maximum atomic E-state index is 12.0. The van der Waals surface area contributed by atoms with Crippen LogP contribution in [-0.2, 0) is 0 Å². The molecule has 0 bridgehead atoms. The van der Waals surface area contributed by atoms with Gasteiger partial charge >= 0.3 is 0 Å². The number of carbonyl (C=O) groups excluding carboxylic acids is 1. The summed E-state index contributed by atoms with van der Waals surface area (Å²) < 4.78 is 0. The highest BCUT2D eigenvalue weighted by Gasteiger charge is 2.14. The molecule has 98 valence electrons. The zero-order chi connectivity index (χ0) is 14.0. The zero-order valence-electron chi connectivity index (χ0n) is 10.4. The van der Waals surface area contributed by atoms with Gasteiger partial charge in [0.15, 0.2) is 0 Å². The summed E-state index contributed by atoms with van der Waals surface area (Å²) in [6.07, 6.45) is 0. The molecule has 0 saturated heterocycles. The fourth-order valence-electron chi connectivity index (χ4n) is 1.40. The van der Waals surface area contributed by atoms with Gasteiger partial charge in [-0.1, -0.05) is 17.7 Å². The molecule has 6 nitrogen and oxygen atoms in total. The Kier molecular flexibility index (Phi) is 3.62. The molecule has 0 fully saturated rings. The third-order valence-electron chi connectivity index (χ3n) is 2.59. The van der Waals surface area contributed by atoms with Crippen LogP contribution < -0.4 is 11.1 Å². The first-order valence-electron chi connectivity index (χ1n) is 5.52. The Morgan fingerprint density at radius 2 is 2.00 bits per heavy atom. The molecule has 19 heavy (non-hydrogen) atoms. The Bertz CT molecular complexity index is 644. The third-order valence-corrected chi connectivity index (χ3v) is 3.01. The van der Waals surface area contributed by atoms with Gasteiger partial charge in [-0.25, -0.2) is 4.98 Å². The van der Waals surface area contributed by atoms with E-state index in [1.54, 1.807) is 32.0 Å². The molecule has 0 aliphatic rings. The number of benzene rings is 1. The molecule has 0 unspecified atom stereocenters. The van der Waals surface area contributed by atoms with Crippen molar-refractivity contribution in [3.05, 3.63) is 40.2 Å². The van der Waals surface area contributed by atoms with Crippen molar-refractivity contribution in [1.82, 2.24) is 15.2 Å². The van der Waals surface area contributed by atoms with E-state index in [2.05, 4.69) is 20.5 Å². The fourth-order valence-corrected chi connectivity index (χ4v) is 1.62. The van der Waals surface area contributed by atoms with Gasteiger partial charge in [-0.3, -0.25) is 10.1 Å². The van der Waals surface area contributed by atoms with Gasteiger partial charge in [0.05, 0.1) is 27.7 Å². The summed E-state index contributed by atoms with van der Waals surface area (Å²) in [7, 11) is 0. The number of anilines is 2. The van der Waals surface area contributed by atoms with Gasteiger partial charge in [-0.2, -0.15) is 5.10 Å². The van der Waals surface area contributed by atoms with Crippen LogP contribution in [0.15, 0.2) is 18.2 Å². The Hall–Kier alpha value is -2.21. The SMILES string of the molecule is Cc1nnc(NC(=O)c2cccc(N)c2Cl)nc1C. The number of hydrogen-bond donors (Lipinski definition) is 2. The lowest BCUT2D eigenvalue weighted by Crippen LogP contribution is -2.16. The van der Waals surface area contributed by atoms with Crippen molar-refractivity contribution in [2.24, 2.45) is 0 Å². The number of aromatic nitrogens is 3. The number of rotatable bonds is 2. The van der Waals surface area contributed by atoms with Crippen LogP contribution in [-0.4, -0.2) is 21.1 Å². The highest BCUT2D eigenvalue weighted by molar-refractivity contribution is 6.36. The Morgan fingerprint density at radius 3 is 2.68 bits per heavy atom. The maximum absolute atomic E-state index is 12.0. The molecule has 7 heteroatoms. The second-order valence-electron chi connectivity index (χ2n) is 3.97. The van der Waals surface area contributed by atoms with Crippen LogP contribution >= 0.6 is 11.6 Å². The quantitative estimate of drug-likeness (QED) is 0.819. The standard InChI is InChI=1S/C12H12ClN5O/c1-6-7(2)17-18-12(15-6)16-11(19)8-4-3-5-9(14)10(8)13/h3-5H,14H2,1-2H3,(H,15,16,18,19). The minimum Gasteiger partial charge on any atom is -0.398 e. The van der Waals surface area contributed by atoms with Gasteiger partial charge in [0.1, 0.15) is 0 Å². The van der Waals surface area contributed by atoms with Gasteiger partial charge in [0.2, 0.25) is 5.95 Å². The summed E-state index contributed by atoms with van der Waals surface area (Å²) in [4.78, 5) is 16.1. The molecule has 1 amide bonds. The largest absolute Gasteiger partial charge is 0.398 e. The highest BCUT2D eigenvalue weighted by Crippen LogP contribution is 2.23. The normalized spacial score (nSPS) is 10.3. The van der Waals surface area contributed by atoms with Crippen molar-refractivity contribution in [3.8, 4) is 0 Å². The van der Waals surface area contributed by atoms with E-state index < -0.39 is 5.91 Å². The monoisotopic (exact) mass is 277 g/mol. The van der Waals surface area contributed by atoms with Gasteiger partial charge in [-0.15, -0.1) is 5.10 Å². The van der Waals surface area contributed by atoms with Crippen molar-refractivity contribution in [3.63, 3.8) is 0 Å². The summed E-state index contributed by atoms with van der Waals surface area (Å²) in [5.74, 6) is -0.297. The summed E-state index contributed by atoms with van der Waals surface area (Å²) in [6.45, 7) is 3.57. The molecule has 2 aromatic rings. The maximum Gasteiger partial charge on any atom is 0.259 e. The van der Waals surface area contributed by atoms with E-state index in [1.807, 2.05) is 0 Å². The lowest BCUT2D eigenvalue weighted by molar-refractivity contribution is 0.102. The predicted octanol–water partition coefficient (Wildman–Crippen LogP) is 1.98. The van der Waals surface area contributed by atoms with Crippen molar-refractivity contribution in [2.75, 3.05) is 11.1 Å². The van der Waals surface area contributed by atoms with Gasteiger partial charge in [0.25, 0.3) is 5.91 Å². The molecule has 0 atom stereocenters. The molecule has 0 spiro atoms. The van der Waals surface area contributed by atoms with E-state index >= 15 is 0 Å². The van der Waals surface area contributed by atoms with Crippen LogP contribution in [0.3, 0.4) is 0 Å². The number of nitrogen functional groups attached to an aromatic ring is 1. The van der Waals surface area contributed by atoms with Crippen molar-refractivity contribution in [2.45, 2.75) is 13.8 Å². The van der Waals surface area contributed by atoms with Gasteiger partial charge in [-0.05, 0) is 26.0 Å². The molecule has 1 aromatic heterocycles. The molecule has 2 rings (SSSR count). The van der Waals surface area contributed by atoms with E-state index in [-0.39, 0.29) is 16.5 Å². The Balaban J connectivity index is 2.26. The number of carbonyl (C=O) groups is 1. The summed E-state index contributed by atoms with van der Waals surface area (Å²) in [6, 6.07) is 4.84. The van der Waals surface area contributed by atoms with Crippen LogP contribution in [0.5, 0.6) is 0 Å². The minimum atomic E-state index is -0.428. The number of halogens is 1. The zero-order valence-corrected chi connectivity index (χ0v) is 11.2. The minimum absolute atomic E-state index is 0.131. The van der Waals surface area contributed by atoms with Crippen LogP contribution in [0.2, 0.25) is 5.02 Å². The third kappa shape index (κ3) is 2.79. The molecule has 1 aromatic carbocycles. The summed E-state index contributed by atoms with van der Waals surface area (Å²) in [5.41, 5.74) is 7.65. The number of nitrogens with two attached hydrogens (primary N) is 1. The van der Waals surface area contributed by atoms with Crippen LogP contribution in [0, 0.1) is 13.8 Å². The molecule has 1 heterocycles. The molecule has 0 saturated carbocycles. The number of aryl methyl sites for hydroxylation is 2. The first-order valence-corrected chi connectivity index (χ1v) is 5.90. The van der Waals surface area contributed by atoms with E-state index in [0.29, 0.717) is 17.1 Å². The van der Waals surface area contributed by atoms with E-state index in [0.717, 1.165) is 0 Å². The Morgan fingerprint density at radius 1 is 1.26 bits per heavy atom. The smallest absolute Gasteiger partial charge is 0.259 e. The Labute approximate surface area is 115 Å². The molecule has 0 aliphatic heterocycles. The van der Waals surface area contributed by atoms with E-state index in [1.165, 1.54) is 0 Å². The lowest BCUT2D eigenvalue weighted by atomic mass is 10.2. The first kappa shape index (κ1) is 13.2. The number of hydrogen-bond acceptors (Lipinski definition) is 5. The second-order valence-corrected chi connectivity index (χ2v) is 4.35. The van der Waals surface area contributed by atoms with E-state index in [9.17, 15) is 4.79 Å². The number of nitrogens with one attached hydrogen (secondary N) is 1. The summed E-state index contributed by atoms with van der Waals surface area (Å²) in [5, 5.41) is 10.4. The molecule has 3 N–H and O–H groups in total. The average molecular weight is 278 g/mol. The van der Waals surface area contributed by atoms with Gasteiger partial charge < -0.3 is 5.73 Å². The van der Waals surface area contributed by atoms with Crippen molar-refractivity contribution < 1.29 is 4.79 Å². The number of nitrogens with zero attached hydrogens (tertiary/aromatic N) is 3. The van der Waals surface area contributed by atoms with Crippen molar-refractivity contribution >= 4 is 29.1 Å². The predicted molar refractivity (Wildman–Crippen MR) is 73.1 cm³/mol. The molecular formula is C12H12ClN5O. The first-order chi connectivity index (χ1) is 8.99. The topological polar surface area (TPSA) is 93.8 Å². The highest BCUT2D eigenvalue weighted by atomic mass is 35.5. The lowest BCUT2D eigenvalue weighted by Gasteiger charge is -2.07. The van der Waals surface area contributed by atoms with Crippen LogP contribution in [0.1, 0.15) is 21.7 Å². The second kappa shape index (κ2) is 5.19.